The van der Waals surface area contributed by atoms with E-state index < -0.39 is 4.87 Å². The number of fused-ring (bicyclic) bond motifs is 6. The van der Waals surface area contributed by atoms with Crippen LogP contribution in [0.5, 0.6) is 0 Å². The molecule has 26 heavy (non-hydrogen) atoms. The van der Waals surface area contributed by atoms with Gasteiger partial charge in [-0.3, -0.25) is 5.21 Å². The van der Waals surface area contributed by atoms with Gasteiger partial charge in [-0.25, -0.2) is 15.0 Å². The van der Waals surface area contributed by atoms with Gasteiger partial charge < -0.3 is 4.98 Å². The van der Waals surface area contributed by atoms with Crippen LogP contribution in [0.4, 0.5) is 0 Å². The maximum atomic E-state index is 10.6. The van der Waals surface area contributed by atoms with Crippen LogP contribution in [0.1, 0.15) is 6.42 Å². The Bertz CT molecular complexity index is 1140. The van der Waals surface area contributed by atoms with Gasteiger partial charge in [0.15, 0.2) is 0 Å². The van der Waals surface area contributed by atoms with Crippen molar-refractivity contribution >= 4 is 36.2 Å². The molecule has 4 aliphatic heterocycles. The lowest BCUT2D eigenvalue weighted by molar-refractivity contribution is -0.0756. The molecule has 1 aromatic rings. The highest BCUT2D eigenvalue weighted by Gasteiger charge is 2.36. The third-order valence-corrected chi connectivity index (χ3v) is 5.10. The summed E-state index contributed by atoms with van der Waals surface area (Å²) in [7, 11) is 0. The van der Waals surface area contributed by atoms with Gasteiger partial charge in [-0.2, -0.15) is 0 Å². The summed E-state index contributed by atoms with van der Waals surface area (Å²) < 4.78 is 0. The number of thiol groups is 1. The predicted molar refractivity (Wildman–Crippen MR) is 106 cm³/mol. The Labute approximate surface area is 155 Å². The number of allylic oxidation sites excluding steroid dienone is 5. The van der Waals surface area contributed by atoms with Crippen molar-refractivity contribution in [2.24, 2.45) is 9.98 Å². The first-order valence-corrected chi connectivity index (χ1v) is 8.80. The van der Waals surface area contributed by atoms with Crippen LogP contribution in [0, 0.1) is 0 Å². The normalized spacial score (nSPS) is 25.9. The quantitative estimate of drug-likeness (QED) is 0.620. The van der Waals surface area contributed by atoms with Crippen molar-refractivity contribution in [1.82, 2.24) is 10.0 Å². The van der Waals surface area contributed by atoms with Crippen molar-refractivity contribution in [3.8, 4) is 0 Å². The lowest BCUT2D eigenvalue weighted by Gasteiger charge is -2.29. The van der Waals surface area contributed by atoms with Gasteiger partial charge in [0, 0.05) is 17.1 Å². The van der Waals surface area contributed by atoms with Gasteiger partial charge in [0.2, 0.25) is 0 Å². The number of H-pyrrole nitrogens is 1. The molecule has 1 unspecified atom stereocenters. The summed E-state index contributed by atoms with van der Waals surface area (Å²) in [6, 6.07) is 4.03. The zero-order chi connectivity index (χ0) is 17.7. The fourth-order valence-electron chi connectivity index (χ4n) is 3.31. The van der Waals surface area contributed by atoms with Crippen molar-refractivity contribution in [1.29, 1.82) is 0 Å². The topological polar surface area (TPSA) is 64.0 Å². The molecule has 6 heteroatoms. The number of aliphatic imine (C=N–C) groups is 2. The standard InChI is InChI=1S/C20H16N4OS/c25-24-19-7-8-20(24,26)12-18-6-5-16(23-18)10-14-2-1-13(21-14)9-15-3-4-17(11-19)22-15/h1-7,9-12,21,25-26H,8H2. The molecule has 0 saturated heterocycles. The average Bonchev–Trinajstić information content (AvgIpc) is 3.37. The molecular formula is C20H16N4OS. The Morgan fingerprint density at radius 3 is 2.35 bits per heavy atom. The third kappa shape index (κ3) is 2.64. The largest absolute Gasteiger partial charge is 0.355 e. The van der Waals surface area contributed by atoms with Gasteiger partial charge in [-0.15, -0.1) is 12.6 Å². The SMILES string of the molecule is ON1C2=CCC1(S)C=C1C=CC(=N1)C=c1ccc([nH]1)=CC1=NC(=C2)C=C1. The molecule has 128 valence electrons. The number of hydrogen-bond acceptors (Lipinski definition) is 5. The first kappa shape index (κ1) is 15.4. The van der Waals surface area contributed by atoms with Crippen LogP contribution in [0.25, 0.3) is 12.2 Å². The van der Waals surface area contributed by atoms with E-state index in [4.69, 9.17) is 12.6 Å². The zero-order valence-corrected chi connectivity index (χ0v) is 14.7. The average molecular weight is 360 g/mol. The maximum absolute atomic E-state index is 10.6. The minimum atomic E-state index is -0.831. The second kappa shape index (κ2) is 5.59. The van der Waals surface area contributed by atoms with E-state index in [-0.39, 0.29) is 0 Å². The summed E-state index contributed by atoms with van der Waals surface area (Å²) in [5.41, 5.74) is 3.95. The Morgan fingerprint density at radius 2 is 1.62 bits per heavy atom. The lowest BCUT2D eigenvalue weighted by atomic mass is 10.2. The Balaban J connectivity index is 1.69. The number of rotatable bonds is 0. The third-order valence-electron chi connectivity index (χ3n) is 4.60. The van der Waals surface area contributed by atoms with Crippen LogP contribution in [0.2, 0.25) is 0 Å². The van der Waals surface area contributed by atoms with Gasteiger partial charge >= 0.3 is 0 Å². The molecule has 5 rings (SSSR count). The van der Waals surface area contributed by atoms with Gasteiger partial charge in [-0.1, -0.05) is 6.08 Å². The first-order valence-electron chi connectivity index (χ1n) is 8.36. The summed E-state index contributed by atoms with van der Waals surface area (Å²) >= 11 is 4.69. The van der Waals surface area contributed by atoms with Crippen LogP contribution in [-0.2, 0) is 0 Å². The zero-order valence-electron chi connectivity index (χ0n) is 13.8. The van der Waals surface area contributed by atoms with Crippen LogP contribution in [0.15, 0.2) is 81.7 Å². The van der Waals surface area contributed by atoms with Crippen molar-refractivity contribution in [2.45, 2.75) is 11.3 Å². The van der Waals surface area contributed by atoms with Crippen LogP contribution in [-0.4, -0.2) is 31.5 Å². The van der Waals surface area contributed by atoms with E-state index in [1.807, 2.05) is 66.8 Å². The van der Waals surface area contributed by atoms with Gasteiger partial charge in [0.1, 0.15) is 4.87 Å². The Hall–Kier alpha value is -2.83. The Morgan fingerprint density at radius 1 is 0.962 bits per heavy atom. The molecule has 0 fully saturated rings. The molecule has 5 nitrogen and oxygen atoms in total. The molecule has 0 saturated carbocycles. The summed E-state index contributed by atoms with van der Waals surface area (Å²) in [4.78, 5) is 11.7. The van der Waals surface area contributed by atoms with Crippen molar-refractivity contribution < 1.29 is 5.21 Å². The molecule has 1 aromatic heterocycles. The molecule has 5 heterocycles. The van der Waals surface area contributed by atoms with E-state index >= 15 is 0 Å². The van der Waals surface area contributed by atoms with E-state index in [1.54, 1.807) is 0 Å². The number of aromatic amines is 1. The number of hydroxylamine groups is 2. The van der Waals surface area contributed by atoms with Crippen molar-refractivity contribution in [3.63, 3.8) is 0 Å². The highest BCUT2D eigenvalue weighted by molar-refractivity contribution is 7.82. The molecule has 0 amide bonds. The smallest absolute Gasteiger partial charge is 0.133 e. The summed E-state index contributed by atoms with van der Waals surface area (Å²) in [6.45, 7) is 0. The lowest BCUT2D eigenvalue weighted by Crippen LogP contribution is -2.35. The van der Waals surface area contributed by atoms with E-state index in [9.17, 15) is 5.21 Å². The second-order valence-corrected chi connectivity index (χ2v) is 7.33. The number of nitrogens with one attached hydrogen (secondary N) is 1. The van der Waals surface area contributed by atoms with E-state index in [0.29, 0.717) is 12.1 Å². The van der Waals surface area contributed by atoms with Crippen molar-refractivity contribution in [2.75, 3.05) is 0 Å². The first-order chi connectivity index (χ1) is 12.6. The highest BCUT2D eigenvalue weighted by Crippen LogP contribution is 2.37. The Kier molecular flexibility index (Phi) is 3.32. The molecule has 0 spiro atoms. The van der Waals surface area contributed by atoms with Crippen molar-refractivity contribution in [3.05, 3.63) is 82.5 Å². The van der Waals surface area contributed by atoms with E-state index in [1.165, 1.54) is 5.06 Å². The molecule has 0 aromatic carbocycles. The highest BCUT2D eigenvalue weighted by atomic mass is 32.1. The summed E-state index contributed by atoms with van der Waals surface area (Å²) in [5.74, 6) is 0. The van der Waals surface area contributed by atoms with E-state index in [2.05, 4.69) is 15.0 Å². The number of nitrogens with zero attached hydrogens (tertiary/aromatic N) is 3. The molecule has 4 aliphatic rings. The molecule has 8 bridgehead atoms. The van der Waals surface area contributed by atoms with Crippen LogP contribution >= 0.6 is 12.6 Å². The van der Waals surface area contributed by atoms with Gasteiger partial charge in [0.25, 0.3) is 0 Å². The summed E-state index contributed by atoms with van der Waals surface area (Å²) in [5, 5.41) is 13.8. The molecule has 2 N–H and O–H groups in total. The fourth-order valence-corrected chi connectivity index (χ4v) is 3.65. The second-order valence-electron chi connectivity index (χ2n) is 6.56. The molecule has 1 atom stereocenters. The molecule has 0 radical (unpaired) electrons. The van der Waals surface area contributed by atoms with Gasteiger partial charge in [0.05, 0.1) is 28.5 Å². The monoisotopic (exact) mass is 360 g/mol. The number of hydrogen-bond donors (Lipinski definition) is 3. The number of aromatic nitrogens is 1. The maximum Gasteiger partial charge on any atom is 0.133 e. The molecular weight excluding hydrogens is 344 g/mol. The molecule has 0 aliphatic carbocycles. The predicted octanol–water partition coefficient (Wildman–Crippen LogP) is 1.98. The minimum absolute atomic E-state index is 0.573. The van der Waals surface area contributed by atoms with Crippen LogP contribution in [0.3, 0.4) is 0 Å². The van der Waals surface area contributed by atoms with Crippen LogP contribution < -0.4 is 10.7 Å². The summed E-state index contributed by atoms with van der Waals surface area (Å²) in [6.07, 6.45) is 18.0. The van der Waals surface area contributed by atoms with Gasteiger partial charge in [-0.05, 0) is 60.7 Å². The van der Waals surface area contributed by atoms with E-state index in [0.717, 1.165) is 33.5 Å². The minimum Gasteiger partial charge on any atom is -0.355 e. The fraction of sp³-hybridized carbons (Fsp3) is 0.100.